The average Bonchev–Trinajstić information content (AvgIpc) is 2.69. The molecule has 0 bridgehead atoms. The molecule has 2 aromatic carbocycles. The summed E-state index contributed by atoms with van der Waals surface area (Å²) in [6.07, 6.45) is -0.124. The van der Waals surface area contributed by atoms with E-state index in [-0.39, 0.29) is 18.2 Å². The third kappa shape index (κ3) is 5.02. The Morgan fingerprint density at radius 1 is 1.30 bits per heavy atom. The molecule has 5 nitrogen and oxygen atoms in total. The Bertz CT molecular complexity index is 766. The Hall–Kier alpha value is -2.05. The van der Waals surface area contributed by atoms with E-state index in [0.29, 0.717) is 26.3 Å². The van der Waals surface area contributed by atoms with Crippen molar-refractivity contribution in [2.75, 3.05) is 26.3 Å². The number of halogens is 1. The van der Waals surface area contributed by atoms with Crippen molar-refractivity contribution in [3.8, 4) is 5.75 Å². The van der Waals surface area contributed by atoms with E-state index in [1.165, 1.54) is 0 Å². The summed E-state index contributed by atoms with van der Waals surface area (Å²) in [4.78, 5) is 14.6. The SMILES string of the molecule is CCOc1ccc(C(C)NC(=O)N2CCOC(c3ccccc3Br)C2)cc1. The Labute approximate surface area is 168 Å². The van der Waals surface area contributed by atoms with Crippen LogP contribution in [0.1, 0.15) is 37.1 Å². The zero-order valence-electron chi connectivity index (χ0n) is 15.7. The van der Waals surface area contributed by atoms with Gasteiger partial charge in [0.05, 0.1) is 25.8 Å². The quantitative estimate of drug-likeness (QED) is 0.744. The van der Waals surface area contributed by atoms with Gasteiger partial charge in [0.1, 0.15) is 11.9 Å². The van der Waals surface area contributed by atoms with Crippen LogP contribution in [0.15, 0.2) is 53.0 Å². The van der Waals surface area contributed by atoms with Gasteiger partial charge in [-0.2, -0.15) is 0 Å². The maximum Gasteiger partial charge on any atom is 0.318 e. The highest BCUT2D eigenvalue weighted by Gasteiger charge is 2.27. The molecule has 27 heavy (non-hydrogen) atoms. The minimum absolute atomic E-state index is 0.0725. The molecule has 1 aliphatic rings. The lowest BCUT2D eigenvalue weighted by Gasteiger charge is -2.34. The number of carbonyl (C=O) groups excluding carboxylic acids is 1. The highest BCUT2D eigenvalue weighted by molar-refractivity contribution is 9.10. The summed E-state index contributed by atoms with van der Waals surface area (Å²) in [6, 6.07) is 15.6. The number of amides is 2. The second-order valence-electron chi connectivity index (χ2n) is 6.50. The summed E-state index contributed by atoms with van der Waals surface area (Å²) in [5.74, 6) is 0.837. The van der Waals surface area contributed by atoms with Gasteiger partial charge in [-0.05, 0) is 43.2 Å². The van der Waals surface area contributed by atoms with Crippen LogP contribution in [0.4, 0.5) is 4.79 Å². The fraction of sp³-hybridized carbons (Fsp3) is 0.381. The van der Waals surface area contributed by atoms with E-state index in [1.807, 2.05) is 67.3 Å². The van der Waals surface area contributed by atoms with Crippen LogP contribution in [0, 0.1) is 0 Å². The molecule has 2 aromatic rings. The lowest BCUT2D eigenvalue weighted by Crippen LogP contribution is -2.47. The summed E-state index contributed by atoms with van der Waals surface area (Å²) in [6.45, 7) is 6.23. The molecule has 2 atom stereocenters. The van der Waals surface area contributed by atoms with Gasteiger partial charge in [0.2, 0.25) is 0 Å². The maximum atomic E-state index is 12.7. The number of benzene rings is 2. The first-order valence-corrected chi connectivity index (χ1v) is 10.0. The summed E-state index contributed by atoms with van der Waals surface area (Å²) in [5.41, 5.74) is 2.11. The van der Waals surface area contributed by atoms with Crippen molar-refractivity contribution in [1.82, 2.24) is 10.2 Å². The maximum absolute atomic E-state index is 12.7. The van der Waals surface area contributed by atoms with Crippen molar-refractivity contribution in [2.24, 2.45) is 0 Å². The summed E-state index contributed by atoms with van der Waals surface area (Å²) in [7, 11) is 0. The van der Waals surface area contributed by atoms with Crippen LogP contribution < -0.4 is 10.1 Å². The van der Waals surface area contributed by atoms with Crippen molar-refractivity contribution in [2.45, 2.75) is 26.0 Å². The molecule has 2 unspecified atom stereocenters. The predicted molar refractivity (Wildman–Crippen MR) is 109 cm³/mol. The molecule has 0 spiro atoms. The van der Waals surface area contributed by atoms with Gasteiger partial charge in [-0.25, -0.2) is 4.79 Å². The van der Waals surface area contributed by atoms with Crippen LogP contribution in [0.5, 0.6) is 5.75 Å². The van der Waals surface area contributed by atoms with E-state index in [9.17, 15) is 4.79 Å². The number of nitrogens with one attached hydrogen (secondary N) is 1. The van der Waals surface area contributed by atoms with E-state index in [0.717, 1.165) is 21.3 Å². The normalized spacial score (nSPS) is 18.0. The summed E-state index contributed by atoms with van der Waals surface area (Å²) < 4.78 is 12.4. The minimum Gasteiger partial charge on any atom is -0.494 e. The monoisotopic (exact) mass is 432 g/mol. The molecular formula is C21H25BrN2O3. The van der Waals surface area contributed by atoms with Crippen molar-refractivity contribution in [3.63, 3.8) is 0 Å². The predicted octanol–water partition coefficient (Wildman–Crippen LogP) is 4.69. The fourth-order valence-corrected chi connectivity index (χ4v) is 3.68. The van der Waals surface area contributed by atoms with Gasteiger partial charge in [0.25, 0.3) is 0 Å². The molecular weight excluding hydrogens is 408 g/mol. The van der Waals surface area contributed by atoms with E-state index in [1.54, 1.807) is 0 Å². The third-order valence-electron chi connectivity index (χ3n) is 4.64. The van der Waals surface area contributed by atoms with Crippen molar-refractivity contribution in [1.29, 1.82) is 0 Å². The van der Waals surface area contributed by atoms with Crippen LogP contribution in [-0.4, -0.2) is 37.2 Å². The van der Waals surface area contributed by atoms with Gasteiger partial charge in [-0.15, -0.1) is 0 Å². The first-order valence-electron chi connectivity index (χ1n) is 9.22. The van der Waals surface area contributed by atoms with Crippen molar-refractivity contribution < 1.29 is 14.3 Å². The highest BCUT2D eigenvalue weighted by Crippen LogP contribution is 2.28. The van der Waals surface area contributed by atoms with E-state index < -0.39 is 0 Å². The number of rotatable bonds is 5. The number of carbonyl (C=O) groups is 1. The molecule has 2 amide bonds. The number of urea groups is 1. The van der Waals surface area contributed by atoms with Gasteiger partial charge >= 0.3 is 6.03 Å². The molecule has 1 heterocycles. The van der Waals surface area contributed by atoms with Crippen LogP contribution in [-0.2, 0) is 4.74 Å². The van der Waals surface area contributed by atoms with Crippen LogP contribution in [0.25, 0.3) is 0 Å². The first-order chi connectivity index (χ1) is 13.1. The number of ether oxygens (including phenoxy) is 2. The first kappa shape index (κ1) is 19.7. The topological polar surface area (TPSA) is 50.8 Å². The Morgan fingerprint density at radius 2 is 2.04 bits per heavy atom. The molecule has 0 aromatic heterocycles. The van der Waals surface area contributed by atoms with Crippen LogP contribution in [0.2, 0.25) is 0 Å². The van der Waals surface area contributed by atoms with Gasteiger partial charge < -0.3 is 19.7 Å². The van der Waals surface area contributed by atoms with Gasteiger partial charge in [0.15, 0.2) is 0 Å². The van der Waals surface area contributed by atoms with Crippen molar-refractivity contribution in [3.05, 3.63) is 64.1 Å². The van der Waals surface area contributed by atoms with Crippen LogP contribution in [0.3, 0.4) is 0 Å². The number of nitrogens with zero attached hydrogens (tertiary/aromatic N) is 1. The highest BCUT2D eigenvalue weighted by atomic mass is 79.9. The number of hydrogen-bond acceptors (Lipinski definition) is 3. The number of morpholine rings is 1. The molecule has 1 aliphatic heterocycles. The zero-order chi connectivity index (χ0) is 19.2. The molecule has 6 heteroatoms. The molecule has 144 valence electrons. The second-order valence-corrected chi connectivity index (χ2v) is 7.35. The van der Waals surface area contributed by atoms with Gasteiger partial charge in [-0.3, -0.25) is 0 Å². The summed E-state index contributed by atoms with van der Waals surface area (Å²) in [5, 5.41) is 3.08. The largest absolute Gasteiger partial charge is 0.494 e. The van der Waals surface area contributed by atoms with E-state index in [4.69, 9.17) is 9.47 Å². The van der Waals surface area contributed by atoms with Crippen molar-refractivity contribution >= 4 is 22.0 Å². The Balaban J connectivity index is 1.60. The standard InChI is InChI=1S/C21H25BrN2O3/c1-3-26-17-10-8-16(9-11-17)15(2)23-21(25)24-12-13-27-20(14-24)18-6-4-5-7-19(18)22/h4-11,15,20H,3,12-14H2,1-2H3,(H,23,25). The lowest BCUT2D eigenvalue weighted by molar-refractivity contribution is -0.0161. The zero-order valence-corrected chi connectivity index (χ0v) is 17.2. The molecule has 0 radical (unpaired) electrons. The minimum atomic E-state index is -0.124. The molecule has 1 saturated heterocycles. The van der Waals surface area contributed by atoms with Crippen LogP contribution >= 0.6 is 15.9 Å². The molecule has 1 fully saturated rings. The molecule has 0 saturated carbocycles. The second kappa shape index (κ2) is 9.24. The third-order valence-corrected chi connectivity index (χ3v) is 5.36. The van der Waals surface area contributed by atoms with E-state index >= 15 is 0 Å². The van der Waals surface area contributed by atoms with Gasteiger partial charge in [0, 0.05) is 11.0 Å². The Morgan fingerprint density at radius 3 is 2.74 bits per heavy atom. The molecule has 0 aliphatic carbocycles. The average molecular weight is 433 g/mol. The number of hydrogen-bond donors (Lipinski definition) is 1. The fourth-order valence-electron chi connectivity index (χ4n) is 3.14. The van der Waals surface area contributed by atoms with Gasteiger partial charge in [-0.1, -0.05) is 46.3 Å². The lowest BCUT2D eigenvalue weighted by atomic mass is 10.1. The summed E-state index contributed by atoms with van der Waals surface area (Å²) >= 11 is 3.57. The molecule has 1 N–H and O–H groups in total. The smallest absolute Gasteiger partial charge is 0.318 e. The molecule has 3 rings (SSSR count). The van der Waals surface area contributed by atoms with E-state index in [2.05, 4.69) is 21.2 Å². The Kier molecular flexibility index (Phi) is 6.74.